The SMILES string of the molecule is CNNC(=O)C1(c2ccncc2)CC1. The molecule has 0 aromatic carbocycles. The Balaban J connectivity index is 2.21. The van der Waals surface area contributed by atoms with Crippen LogP contribution in [0, 0.1) is 0 Å². The van der Waals surface area contributed by atoms with Gasteiger partial charge in [-0.25, -0.2) is 5.43 Å². The van der Waals surface area contributed by atoms with Gasteiger partial charge < -0.3 is 0 Å². The minimum absolute atomic E-state index is 0.0474. The van der Waals surface area contributed by atoms with Crippen molar-refractivity contribution in [2.75, 3.05) is 7.05 Å². The topological polar surface area (TPSA) is 54.0 Å². The van der Waals surface area contributed by atoms with E-state index in [0.29, 0.717) is 0 Å². The molecular weight excluding hydrogens is 178 g/mol. The first-order chi connectivity index (χ1) is 6.79. The molecule has 2 N–H and O–H groups in total. The first kappa shape index (κ1) is 9.15. The van der Waals surface area contributed by atoms with E-state index in [0.717, 1.165) is 18.4 Å². The molecule has 0 atom stereocenters. The number of nitrogens with one attached hydrogen (secondary N) is 2. The van der Waals surface area contributed by atoms with E-state index in [1.165, 1.54) is 0 Å². The summed E-state index contributed by atoms with van der Waals surface area (Å²) in [5.41, 5.74) is 6.06. The predicted octanol–water partition coefficient (Wildman–Crippen LogP) is 0.364. The summed E-state index contributed by atoms with van der Waals surface area (Å²) in [6, 6.07) is 3.81. The Hall–Kier alpha value is -1.42. The Labute approximate surface area is 82.7 Å². The molecule has 1 aliphatic rings. The van der Waals surface area contributed by atoms with Crippen molar-refractivity contribution in [3.8, 4) is 0 Å². The highest BCUT2D eigenvalue weighted by molar-refractivity contribution is 5.90. The maximum absolute atomic E-state index is 11.7. The molecule has 1 amide bonds. The van der Waals surface area contributed by atoms with Crippen molar-refractivity contribution in [1.82, 2.24) is 15.8 Å². The van der Waals surface area contributed by atoms with Crippen LogP contribution in [0.1, 0.15) is 18.4 Å². The average molecular weight is 191 g/mol. The number of pyridine rings is 1. The number of hydrogen-bond acceptors (Lipinski definition) is 3. The molecule has 0 aliphatic heterocycles. The Kier molecular flexibility index (Phi) is 2.21. The fourth-order valence-corrected chi connectivity index (χ4v) is 1.68. The summed E-state index contributed by atoms with van der Waals surface area (Å²) in [5, 5.41) is 0. The fraction of sp³-hybridized carbons (Fsp3) is 0.400. The number of hydrogen-bond donors (Lipinski definition) is 2. The number of amides is 1. The van der Waals surface area contributed by atoms with E-state index in [4.69, 9.17) is 0 Å². The smallest absolute Gasteiger partial charge is 0.244 e. The van der Waals surface area contributed by atoms with E-state index in [9.17, 15) is 4.79 Å². The van der Waals surface area contributed by atoms with Crippen molar-refractivity contribution in [2.45, 2.75) is 18.3 Å². The molecule has 14 heavy (non-hydrogen) atoms. The highest BCUT2D eigenvalue weighted by Gasteiger charge is 2.51. The number of aromatic nitrogens is 1. The fourth-order valence-electron chi connectivity index (χ4n) is 1.68. The van der Waals surface area contributed by atoms with Gasteiger partial charge in [0.2, 0.25) is 5.91 Å². The van der Waals surface area contributed by atoms with Crippen LogP contribution in [-0.4, -0.2) is 17.9 Å². The van der Waals surface area contributed by atoms with Crippen LogP contribution >= 0.6 is 0 Å². The van der Waals surface area contributed by atoms with E-state index in [1.54, 1.807) is 19.4 Å². The summed E-state index contributed by atoms with van der Waals surface area (Å²) in [6.45, 7) is 0. The molecule has 1 fully saturated rings. The zero-order valence-electron chi connectivity index (χ0n) is 8.08. The molecule has 0 radical (unpaired) electrons. The largest absolute Gasteiger partial charge is 0.291 e. The third kappa shape index (κ3) is 1.37. The van der Waals surface area contributed by atoms with Gasteiger partial charge in [0, 0.05) is 19.4 Å². The molecule has 1 heterocycles. The van der Waals surface area contributed by atoms with Gasteiger partial charge >= 0.3 is 0 Å². The lowest BCUT2D eigenvalue weighted by atomic mass is 9.96. The Morgan fingerprint density at radius 2 is 2.07 bits per heavy atom. The third-order valence-corrected chi connectivity index (χ3v) is 2.66. The first-order valence-corrected chi connectivity index (χ1v) is 4.67. The predicted molar refractivity (Wildman–Crippen MR) is 52.4 cm³/mol. The summed E-state index contributed by atoms with van der Waals surface area (Å²) >= 11 is 0. The van der Waals surface area contributed by atoms with Gasteiger partial charge in [0.05, 0.1) is 5.41 Å². The lowest BCUT2D eigenvalue weighted by Crippen LogP contribution is -2.41. The average Bonchev–Trinajstić information content (AvgIpc) is 3.00. The number of carbonyl (C=O) groups excluding carboxylic acids is 1. The summed E-state index contributed by atoms with van der Waals surface area (Å²) < 4.78 is 0. The Morgan fingerprint density at radius 3 is 2.57 bits per heavy atom. The lowest BCUT2D eigenvalue weighted by molar-refractivity contribution is -0.124. The van der Waals surface area contributed by atoms with E-state index in [-0.39, 0.29) is 11.3 Å². The highest BCUT2D eigenvalue weighted by Crippen LogP contribution is 2.47. The molecule has 0 bridgehead atoms. The summed E-state index contributed by atoms with van der Waals surface area (Å²) in [7, 11) is 1.69. The maximum atomic E-state index is 11.7. The molecule has 0 unspecified atom stereocenters. The quantitative estimate of drug-likeness (QED) is 0.678. The zero-order valence-corrected chi connectivity index (χ0v) is 8.08. The Morgan fingerprint density at radius 1 is 1.43 bits per heavy atom. The minimum Gasteiger partial charge on any atom is -0.291 e. The van der Waals surface area contributed by atoms with Crippen molar-refractivity contribution in [3.05, 3.63) is 30.1 Å². The third-order valence-electron chi connectivity index (χ3n) is 2.66. The second-order valence-electron chi connectivity index (χ2n) is 3.52. The molecular formula is C10H13N3O. The molecule has 2 rings (SSSR count). The number of nitrogens with zero attached hydrogens (tertiary/aromatic N) is 1. The maximum Gasteiger partial charge on any atom is 0.244 e. The molecule has 1 aromatic heterocycles. The van der Waals surface area contributed by atoms with Crippen LogP contribution in [0.25, 0.3) is 0 Å². The minimum atomic E-state index is -0.300. The molecule has 1 aliphatic carbocycles. The molecule has 1 aromatic rings. The summed E-state index contributed by atoms with van der Waals surface area (Å²) in [4.78, 5) is 15.7. The lowest BCUT2D eigenvalue weighted by Gasteiger charge is -2.14. The van der Waals surface area contributed by atoms with Crippen molar-refractivity contribution < 1.29 is 4.79 Å². The van der Waals surface area contributed by atoms with Gasteiger partial charge in [0.1, 0.15) is 0 Å². The van der Waals surface area contributed by atoms with Gasteiger partial charge in [0.25, 0.3) is 0 Å². The van der Waals surface area contributed by atoms with Gasteiger partial charge in [-0.05, 0) is 30.5 Å². The summed E-state index contributed by atoms with van der Waals surface area (Å²) in [6.07, 6.45) is 5.29. The van der Waals surface area contributed by atoms with E-state index in [1.807, 2.05) is 12.1 Å². The highest BCUT2D eigenvalue weighted by atomic mass is 16.2. The summed E-state index contributed by atoms with van der Waals surface area (Å²) in [5.74, 6) is 0.0474. The van der Waals surface area contributed by atoms with Gasteiger partial charge in [-0.1, -0.05) is 0 Å². The number of rotatable bonds is 3. The van der Waals surface area contributed by atoms with Gasteiger partial charge in [-0.3, -0.25) is 15.2 Å². The number of carbonyl (C=O) groups is 1. The van der Waals surface area contributed by atoms with Gasteiger partial charge in [-0.2, -0.15) is 0 Å². The van der Waals surface area contributed by atoms with Crippen LogP contribution in [0.3, 0.4) is 0 Å². The van der Waals surface area contributed by atoms with Gasteiger partial charge in [0.15, 0.2) is 0 Å². The van der Waals surface area contributed by atoms with Crippen LogP contribution in [0.15, 0.2) is 24.5 Å². The standard InChI is InChI=1S/C10H13N3O/c1-11-13-9(14)10(4-5-10)8-2-6-12-7-3-8/h2-3,6-7,11H,4-5H2,1H3,(H,13,14). The number of hydrazine groups is 1. The molecule has 74 valence electrons. The first-order valence-electron chi connectivity index (χ1n) is 4.67. The second kappa shape index (κ2) is 3.38. The van der Waals surface area contributed by atoms with E-state index in [2.05, 4.69) is 15.8 Å². The van der Waals surface area contributed by atoms with Crippen molar-refractivity contribution in [1.29, 1.82) is 0 Å². The molecule has 4 heteroatoms. The zero-order chi connectivity index (χ0) is 10.0. The van der Waals surface area contributed by atoms with Crippen molar-refractivity contribution in [2.24, 2.45) is 0 Å². The van der Waals surface area contributed by atoms with Crippen LogP contribution in [0.2, 0.25) is 0 Å². The van der Waals surface area contributed by atoms with Crippen LogP contribution in [0.4, 0.5) is 0 Å². The van der Waals surface area contributed by atoms with Gasteiger partial charge in [-0.15, -0.1) is 0 Å². The Bertz CT molecular complexity index is 332. The normalized spacial score (nSPS) is 17.5. The molecule has 1 saturated carbocycles. The monoisotopic (exact) mass is 191 g/mol. The van der Waals surface area contributed by atoms with Crippen molar-refractivity contribution in [3.63, 3.8) is 0 Å². The van der Waals surface area contributed by atoms with Crippen LogP contribution < -0.4 is 10.9 Å². The molecule has 0 saturated heterocycles. The van der Waals surface area contributed by atoms with E-state index >= 15 is 0 Å². The van der Waals surface area contributed by atoms with Crippen molar-refractivity contribution >= 4 is 5.91 Å². The molecule has 4 nitrogen and oxygen atoms in total. The van der Waals surface area contributed by atoms with Crippen LogP contribution in [-0.2, 0) is 10.2 Å². The van der Waals surface area contributed by atoms with Crippen LogP contribution in [0.5, 0.6) is 0 Å². The molecule has 0 spiro atoms. The second-order valence-corrected chi connectivity index (χ2v) is 3.52. The van der Waals surface area contributed by atoms with E-state index < -0.39 is 0 Å².